The van der Waals surface area contributed by atoms with E-state index < -0.39 is 6.09 Å². The van der Waals surface area contributed by atoms with Crippen LogP contribution in [0.25, 0.3) is 0 Å². The zero-order valence-electron chi connectivity index (χ0n) is 27.7. The van der Waals surface area contributed by atoms with E-state index in [9.17, 15) is 9.59 Å². The molecule has 10 heteroatoms. The summed E-state index contributed by atoms with van der Waals surface area (Å²) in [7, 11) is 3.51. The molecule has 0 radical (unpaired) electrons. The van der Waals surface area contributed by atoms with E-state index in [0.717, 1.165) is 44.1 Å². The highest BCUT2D eigenvalue weighted by atomic mass is 16.6. The van der Waals surface area contributed by atoms with E-state index in [1.807, 2.05) is 6.08 Å². The lowest BCUT2D eigenvalue weighted by molar-refractivity contribution is -0.120. The molecule has 0 aliphatic carbocycles. The van der Waals surface area contributed by atoms with Crippen LogP contribution in [0.3, 0.4) is 0 Å². The SMILES string of the molecule is CCC=CCC=CCC=CCC=CCC=CCC=CCCC(=O)NCCNC(=O)Oc1ccc(CN=C(N)N=C(N)N(C)C)cc1. The lowest BCUT2D eigenvalue weighted by Gasteiger charge is -2.09. The standard InChI is InChI=1S/C36H53N7O3/c1-4-5-6-7-8-9-10-11-12-13-14-15-16-17-18-19-20-21-22-23-33(44)39-28-29-40-36(45)46-32-26-24-31(25-27-32)30-41-34(37)42-35(38)43(2)3/h5-6,8-9,11-12,14-15,17-18,20-21,24-27H,4,7,10,13,16,19,22-23,28-30H2,1-3H3,(H,39,44)(H,40,45)(H4,37,38,41,42). The van der Waals surface area contributed by atoms with Gasteiger partial charge in [0.05, 0.1) is 6.54 Å². The first kappa shape index (κ1) is 39.2. The van der Waals surface area contributed by atoms with Gasteiger partial charge in [-0.25, -0.2) is 9.79 Å². The van der Waals surface area contributed by atoms with E-state index in [2.05, 4.69) is 94.4 Å². The van der Waals surface area contributed by atoms with Gasteiger partial charge in [0.15, 0.2) is 5.96 Å². The Balaban J connectivity index is 2.10. The predicted octanol–water partition coefficient (Wildman–Crippen LogP) is 6.06. The number of amides is 2. The number of ether oxygens (including phenoxy) is 1. The van der Waals surface area contributed by atoms with Crippen LogP contribution in [0.15, 0.2) is 107 Å². The number of carbonyl (C=O) groups is 2. The monoisotopic (exact) mass is 631 g/mol. The first-order valence-electron chi connectivity index (χ1n) is 15.8. The quantitative estimate of drug-likeness (QED) is 0.0595. The van der Waals surface area contributed by atoms with Gasteiger partial charge < -0.3 is 31.7 Å². The average Bonchev–Trinajstić information content (AvgIpc) is 3.03. The van der Waals surface area contributed by atoms with E-state index in [-0.39, 0.29) is 24.4 Å². The summed E-state index contributed by atoms with van der Waals surface area (Å²) in [4.78, 5) is 33.8. The molecule has 0 bridgehead atoms. The highest BCUT2D eigenvalue weighted by molar-refractivity contribution is 5.93. The third-order valence-electron chi connectivity index (χ3n) is 6.10. The van der Waals surface area contributed by atoms with E-state index in [0.29, 0.717) is 31.7 Å². The summed E-state index contributed by atoms with van der Waals surface area (Å²) < 4.78 is 5.26. The van der Waals surface area contributed by atoms with Crippen LogP contribution in [0.5, 0.6) is 5.75 Å². The van der Waals surface area contributed by atoms with Crippen LogP contribution >= 0.6 is 0 Å². The average molecular weight is 632 g/mol. The van der Waals surface area contributed by atoms with Crippen LogP contribution in [0.4, 0.5) is 4.79 Å². The Morgan fingerprint density at radius 2 is 1.26 bits per heavy atom. The van der Waals surface area contributed by atoms with Crippen LogP contribution < -0.4 is 26.8 Å². The van der Waals surface area contributed by atoms with Crippen molar-refractivity contribution < 1.29 is 14.3 Å². The third-order valence-corrected chi connectivity index (χ3v) is 6.10. The van der Waals surface area contributed by atoms with Crippen LogP contribution in [-0.2, 0) is 11.3 Å². The van der Waals surface area contributed by atoms with Gasteiger partial charge in [0.2, 0.25) is 11.9 Å². The van der Waals surface area contributed by atoms with Crippen molar-refractivity contribution in [3.8, 4) is 5.75 Å². The molecule has 6 N–H and O–H groups in total. The maximum Gasteiger partial charge on any atom is 0.412 e. The second-order valence-corrected chi connectivity index (χ2v) is 10.3. The summed E-state index contributed by atoms with van der Waals surface area (Å²) in [5.41, 5.74) is 12.3. The molecule has 1 aromatic carbocycles. The summed E-state index contributed by atoms with van der Waals surface area (Å²) in [6.07, 6.45) is 32.1. The summed E-state index contributed by atoms with van der Waals surface area (Å²) in [5, 5.41) is 5.41. The number of aliphatic imine (C=N–C) groups is 2. The molecule has 0 aliphatic rings. The first-order valence-corrected chi connectivity index (χ1v) is 15.8. The molecule has 250 valence electrons. The summed E-state index contributed by atoms with van der Waals surface area (Å²) in [6.45, 7) is 3.03. The number of allylic oxidation sites excluding steroid dienone is 12. The molecule has 2 amide bonds. The first-order chi connectivity index (χ1) is 22.3. The molecule has 0 unspecified atom stereocenters. The number of nitrogens with two attached hydrogens (primary N) is 2. The van der Waals surface area contributed by atoms with Gasteiger partial charge in [-0.1, -0.05) is 92.0 Å². The number of guanidine groups is 2. The fourth-order valence-electron chi connectivity index (χ4n) is 3.54. The van der Waals surface area contributed by atoms with Gasteiger partial charge in [0.1, 0.15) is 5.75 Å². The Hall–Kier alpha value is -4.86. The number of carbonyl (C=O) groups excluding carboxylic acids is 2. The van der Waals surface area contributed by atoms with Crippen LogP contribution in [-0.4, -0.2) is 56.0 Å². The molecule has 0 aromatic heterocycles. The van der Waals surface area contributed by atoms with Crippen LogP contribution in [0, 0.1) is 0 Å². The number of hydrogen-bond acceptors (Lipinski definition) is 4. The number of nitrogens with zero attached hydrogens (tertiary/aromatic N) is 3. The fraction of sp³-hybridized carbons (Fsp3) is 0.389. The van der Waals surface area contributed by atoms with Gasteiger partial charge in [-0.05, 0) is 62.6 Å². The van der Waals surface area contributed by atoms with Crippen molar-refractivity contribution in [1.82, 2.24) is 15.5 Å². The summed E-state index contributed by atoms with van der Waals surface area (Å²) >= 11 is 0. The molecule has 0 saturated carbocycles. The van der Waals surface area contributed by atoms with Crippen molar-refractivity contribution in [2.24, 2.45) is 21.5 Å². The molecule has 0 heterocycles. The molecular formula is C36H53N7O3. The summed E-state index contributed by atoms with van der Waals surface area (Å²) in [6, 6.07) is 6.87. The van der Waals surface area contributed by atoms with Crippen molar-refractivity contribution in [2.45, 2.75) is 64.8 Å². The Morgan fingerprint density at radius 1 is 0.761 bits per heavy atom. The minimum Gasteiger partial charge on any atom is -0.410 e. The second kappa shape index (κ2) is 26.5. The zero-order chi connectivity index (χ0) is 33.7. The molecule has 0 atom stereocenters. The predicted molar refractivity (Wildman–Crippen MR) is 192 cm³/mol. The maximum absolute atomic E-state index is 12.0. The van der Waals surface area contributed by atoms with E-state index in [1.165, 1.54) is 0 Å². The van der Waals surface area contributed by atoms with Gasteiger partial charge >= 0.3 is 6.09 Å². The van der Waals surface area contributed by atoms with Crippen molar-refractivity contribution in [2.75, 3.05) is 27.2 Å². The molecule has 0 spiro atoms. The number of nitrogens with one attached hydrogen (secondary N) is 2. The van der Waals surface area contributed by atoms with Gasteiger partial charge in [0, 0.05) is 33.6 Å². The van der Waals surface area contributed by atoms with Gasteiger partial charge in [-0.3, -0.25) is 4.79 Å². The van der Waals surface area contributed by atoms with Crippen molar-refractivity contribution >= 4 is 23.9 Å². The number of benzene rings is 1. The largest absolute Gasteiger partial charge is 0.412 e. The molecule has 0 saturated heterocycles. The van der Waals surface area contributed by atoms with Crippen LogP contribution in [0.1, 0.15) is 63.9 Å². The van der Waals surface area contributed by atoms with Crippen molar-refractivity contribution in [3.05, 3.63) is 103 Å². The lowest BCUT2D eigenvalue weighted by atomic mass is 10.2. The Labute approximate surface area is 275 Å². The topological polar surface area (TPSA) is 147 Å². The lowest BCUT2D eigenvalue weighted by Crippen LogP contribution is -2.35. The molecule has 1 rings (SSSR count). The Morgan fingerprint density at radius 3 is 1.78 bits per heavy atom. The van der Waals surface area contributed by atoms with Gasteiger partial charge in [0.25, 0.3) is 0 Å². The number of rotatable bonds is 20. The normalized spacial score (nSPS) is 12.8. The molecule has 46 heavy (non-hydrogen) atoms. The fourth-order valence-corrected chi connectivity index (χ4v) is 3.54. The highest BCUT2D eigenvalue weighted by Gasteiger charge is 2.05. The Bertz CT molecular complexity index is 1240. The Kier molecular flexibility index (Phi) is 22.6. The maximum atomic E-state index is 12.0. The second-order valence-electron chi connectivity index (χ2n) is 10.3. The smallest absolute Gasteiger partial charge is 0.410 e. The van der Waals surface area contributed by atoms with Gasteiger partial charge in [-0.15, -0.1) is 0 Å². The zero-order valence-corrected chi connectivity index (χ0v) is 27.7. The number of hydrogen-bond donors (Lipinski definition) is 4. The van der Waals surface area contributed by atoms with E-state index in [4.69, 9.17) is 16.2 Å². The van der Waals surface area contributed by atoms with E-state index >= 15 is 0 Å². The molecule has 10 nitrogen and oxygen atoms in total. The molecule has 1 aromatic rings. The van der Waals surface area contributed by atoms with Crippen LogP contribution in [0.2, 0.25) is 0 Å². The third kappa shape index (κ3) is 22.6. The highest BCUT2D eigenvalue weighted by Crippen LogP contribution is 2.13. The minimum atomic E-state index is -0.601. The van der Waals surface area contributed by atoms with E-state index in [1.54, 1.807) is 43.3 Å². The molecule has 0 fully saturated rings. The minimum absolute atomic E-state index is 0.0660. The van der Waals surface area contributed by atoms with Gasteiger partial charge in [-0.2, -0.15) is 4.99 Å². The van der Waals surface area contributed by atoms with Crippen molar-refractivity contribution in [1.29, 1.82) is 0 Å². The molecule has 0 aliphatic heterocycles. The van der Waals surface area contributed by atoms with Crippen molar-refractivity contribution in [3.63, 3.8) is 0 Å². The molecular weight excluding hydrogens is 578 g/mol. The summed E-state index contributed by atoms with van der Waals surface area (Å²) in [5.74, 6) is 0.653.